The predicted molar refractivity (Wildman–Crippen MR) is 61.0 cm³/mol. The molecule has 0 bridgehead atoms. The van der Waals surface area contributed by atoms with E-state index in [2.05, 4.69) is 4.98 Å². The van der Waals surface area contributed by atoms with Gasteiger partial charge in [0.1, 0.15) is 5.82 Å². The highest BCUT2D eigenvalue weighted by Gasteiger charge is 2.09. The molecular weight excluding hydrogens is 297 g/mol. The average molecular weight is 309 g/mol. The van der Waals surface area contributed by atoms with Gasteiger partial charge in [-0.1, -0.05) is 0 Å². The summed E-state index contributed by atoms with van der Waals surface area (Å²) in [6.45, 7) is 2.06. The quantitative estimate of drug-likeness (QED) is 0.736. The van der Waals surface area contributed by atoms with Crippen LogP contribution in [0, 0.1) is 10.5 Å². The predicted octanol–water partition coefficient (Wildman–Crippen LogP) is -0.524. The smallest absolute Gasteiger partial charge is 0.267 e. The van der Waals surface area contributed by atoms with Crippen molar-refractivity contribution in [3.05, 3.63) is 25.9 Å². The zero-order chi connectivity index (χ0) is 10.7. The van der Waals surface area contributed by atoms with Crippen LogP contribution >= 0.6 is 22.6 Å². The Morgan fingerprint density at radius 1 is 1.79 bits per heavy atom. The maximum Gasteiger partial charge on any atom is 0.267 e. The molecule has 0 aliphatic rings. The number of nitrogens with zero attached hydrogens (tertiary/aromatic N) is 2. The molecule has 0 aliphatic heterocycles. The molecular formula is C8H12IN3O2. The number of rotatable bonds is 3. The summed E-state index contributed by atoms with van der Waals surface area (Å²) in [5, 5.41) is 9.34. The fourth-order valence-electron chi connectivity index (χ4n) is 1.05. The number of halogens is 1. The van der Waals surface area contributed by atoms with Crippen molar-refractivity contribution in [3.8, 4) is 0 Å². The lowest BCUT2D eigenvalue weighted by molar-refractivity contribution is 0.159. The van der Waals surface area contributed by atoms with Crippen molar-refractivity contribution in [2.75, 3.05) is 6.54 Å². The lowest BCUT2D eigenvalue weighted by Gasteiger charge is -2.12. The molecule has 1 atom stereocenters. The summed E-state index contributed by atoms with van der Waals surface area (Å²) < 4.78 is 1.97. The summed E-state index contributed by atoms with van der Waals surface area (Å²) in [5.74, 6) is 0.586. The topological polar surface area (TPSA) is 81.1 Å². The van der Waals surface area contributed by atoms with Crippen LogP contribution < -0.4 is 11.3 Å². The summed E-state index contributed by atoms with van der Waals surface area (Å²) in [6.07, 6.45) is 0.815. The highest BCUT2D eigenvalue weighted by molar-refractivity contribution is 14.1. The number of aliphatic hydroxyl groups excluding tert-OH is 1. The monoisotopic (exact) mass is 309 g/mol. The minimum Gasteiger partial charge on any atom is -0.390 e. The fraction of sp³-hybridized carbons (Fsp3) is 0.500. The molecule has 0 spiro atoms. The molecule has 0 aromatic carbocycles. The number of hydrogen-bond donors (Lipinski definition) is 2. The van der Waals surface area contributed by atoms with Gasteiger partial charge < -0.3 is 10.8 Å². The van der Waals surface area contributed by atoms with Crippen molar-refractivity contribution >= 4 is 22.6 Å². The third-order valence-electron chi connectivity index (χ3n) is 1.87. The largest absolute Gasteiger partial charge is 0.390 e. The molecule has 0 aliphatic carbocycles. The van der Waals surface area contributed by atoms with Gasteiger partial charge in [-0.25, -0.2) is 4.98 Å². The van der Waals surface area contributed by atoms with Crippen molar-refractivity contribution in [3.63, 3.8) is 0 Å². The Labute approximate surface area is 95.1 Å². The minimum atomic E-state index is -0.702. The molecule has 0 fully saturated rings. The normalized spacial score (nSPS) is 12.9. The lowest BCUT2D eigenvalue weighted by Crippen LogP contribution is -2.33. The van der Waals surface area contributed by atoms with Crippen molar-refractivity contribution < 1.29 is 5.11 Å². The van der Waals surface area contributed by atoms with Gasteiger partial charge in [-0.2, -0.15) is 0 Å². The zero-order valence-electron chi connectivity index (χ0n) is 7.77. The Hall–Kier alpha value is -0.470. The molecule has 6 heteroatoms. The van der Waals surface area contributed by atoms with Crippen LogP contribution in [0.5, 0.6) is 0 Å². The van der Waals surface area contributed by atoms with Crippen LogP contribution in [-0.2, 0) is 6.54 Å². The van der Waals surface area contributed by atoms with Crippen molar-refractivity contribution in [2.45, 2.75) is 19.6 Å². The first kappa shape index (κ1) is 11.6. The van der Waals surface area contributed by atoms with E-state index in [9.17, 15) is 9.90 Å². The van der Waals surface area contributed by atoms with Gasteiger partial charge in [0.05, 0.1) is 16.2 Å². The molecule has 1 rings (SSSR count). The van der Waals surface area contributed by atoms with E-state index in [0.29, 0.717) is 9.39 Å². The molecule has 0 saturated carbocycles. The molecule has 1 aromatic rings. The van der Waals surface area contributed by atoms with Crippen LogP contribution in [0.4, 0.5) is 0 Å². The standard InChI is InChI=1S/C8H12IN3O2/c1-5-11-3-7(9)8(14)12(5)4-6(13)2-10/h3,6,13H,2,4,10H2,1H3. The minimum absolute atomic E-state index is 0.134. The van der Waals surface area contributed by atoms with Gasteiger partial charge in [-0.05, 0) is 29.5 Å². The zero-order valence-corrected chi connectivity index (χ0v) is 9.93. The van der Waals surface area contributed by atoms with E-state index >= 15 is 0 Å². The number of aromatic nitrogens is 2. The number of aliphatic hydroxyl groups is 1. The van der Waals surface area contributed by atoms with Gasteiger partial charge in [-0.3, -0.25) is 9.36 Å². The van der Waals surface area contributed by atoms with Crippen molar-refractivity contribution in [1.29, 1.82) is 0 Å². The Morgan fingerprint density at radius 2 is 2.43 bits per heavy atom. The highest BCUT2D eigenvalue weighted by Crippen LogP contribution is 1.98. The van der Waals surface area contributed by atoms with E-state index in [-0.39, 0.29) is 18.6 Å². The van der Waals surface area contributed by atoms with Crippen LogP contribution in [-0.4, -0.2) is 27.3 Å². The highest BCUT2D eigenvalue weighted by atomic mass is 127. The van der Waals surface area contributed by atoms with Gasteiger partial charge in [0.25, 0.3) is 5.56 Å². The summed E-state index contributed by atoms with van der Waals surface area (Å²) >= 11 is 1.92. The van der Waals surface area contributed by atoms with E-state index in [4.69, 9.17) is 5.73 Å². The first-order valence-corrected chi connectivity index (χ1v) is 5.24. The van der Waals surface area contributed by atoms with Crippen molar-refractivity contribution in [2.24, 2.45) is 5.73 Å². The van der Waals surface area contributed by atoms with Crippen LogP contribution in [0.15, 0.2) is 11.0 Å². The number of nitrogens with two attached hydrogens (primary N) is 1. The van der Waals surface area contributed by atoms with Gasteiger partial charge in [0.2, 0.25) is 0 Å². The third kappa shape index (κ3) is 2.52. The average Bonchev–Trinajstić information content (AvgIpc) is 2.18. The van der Waals surface area contributed by atoms with Gasteiger partial charge in [0, 0.05) is 12.7 Å². The summed E-state index contributed by atoms with van der Waals surface area (Å²) in [6, 6.07) is 0. The van der Waals surface area contributed by atoms with E-state index in [1.54, 1.807) is 6.92 Å². The fourth-order valence-corrected chi connectivity index (χ4v) is 1.48. The Balaban J connectivity index is 3.07. The van der Waals surface area contributed by atoms with E-state index < -0.39 is 6.10 Å². The summed E-state index contributed by atoms with van der Waals surface area (Å²) in [4.78, 5) is 15.6. The number of hydrogen-bond acceptors (Lipinski definition) is 4. The Kier molecular flexibility index (Phi) is 4.02. The van der Waals surface area contributed by atoms with Crippen molar-refractivity contribution in [1.82, 2.24) is 9.55 Å². The molecule has 1 unspecified atom stereocenters. The number of aryl methyl sites for hydroxylation is 1. The lowest BCUT2D eigenvalue weighted by atomic mass is 10.3. The molecule has 1 heterocycles. The molecule has 1 aromatic heterocycles. The van der Waals surface area contributed by atoms with Crippen LogP contribution in [0.1, 0.15) is 5.82 Å². The molecule has 78 valence electrons. The second kappa shape index (κ2) is 4.85. The molecule has 5 nitrogen and oxygen atoms in total. The molecule has 14 heavy (non-hydrogen) atoms. The summed E-state index contributed by atoms with van der Waals surface area (Å²) in [5.41, 5.74) is 5.14. The molecule has 0 saturated heterocycles. The van der Waals surface area contributed by atoms with E-state index in [1.165, 1.54) is 10.8 Å². The van der Waals surface area contributed by atoms with Gasteiger partial charge >= 0.3 is 0 Å². The second-order valence-corrected chi connectivity index (χ2v) is 4.12. The van der Waals surface area contributed by atoms with Crippen LogP contribution in [0.3, 0.4) is 0 Å². The maximum absolute atomic E-state index is 11.6. The molecule has 0 amide bonds. The van der Waals surface area contributed by atoms with Crippen LogP contribution in [0.25, 0.3) is 0 Å². The first-order valence-electron chi connectivity index (χ1n) is 4.16. The first-order chi connectivity index (χ1) is 6.56. The Morgan fingerprint density at radius 3 is 3.00 bits per heavy atom. The molecule has 0 radical (unpaired) electrons. The van der Waals surface area contributed by atoms with E-state index in [0.717, 1.165) is 0 Å². The van der Waals surface area contributed by atoms with Crippen LogP contribution in [0.2, 0.25) is 0 Å². The van der Waals surface area contributed by atoms with E-state index in [1.807, 2.05) is 22.6 Å². The maximum atomic E-state index is 11.6. The SMILES string of the molecule is Cc1ncc(I)c(=O)n1CC(O)CN. The summed E-state index contributed by atoms with van der Waals surface area (Å²) in [7, 11) is 0. The Bertz CT molecular complexity index is 377. The van der Waals surface area contributed by atoms with Gasteiger partial charge in [0.15, 0.2) is 0 Å². The second-order valence-electron chi connectivity index (χ2n) is 2.96. The van der Waals surface area contributed by atoms with Gasteiger partial charge in [-0.15, -0.1) is 0 Å². The molecule has 3 N–H and O–H groups in total. The third-order valence-corrected chi connectivity index (χ3v) is 2.61.